The van der Waals surface area contributed by atoms with Crippen molar-refractivity contribution in [3.8, 4) is 5.75 Å². The van der Waals surface area contributed by atoms with Crippen LogP contribution in [0.3, 0.4) is 0 Å². The maximum Gasteiger partial charge on any atom is 0.220 e. The monoisotopic (exact) mass is 532 g/mol. The highest BCUT2D eigenvalue weighted by Gasteiger charge is 2.51. The van der Waals surface area contributed by atoms with E-state index in [1.54, 1.807) is 0 Å². The van der Waals surface area contributed by atoms with E-state index in [1.165, 1.54) is 55.3 Å². The van der Waals surface area contributed by atoms with Gasteiger partial charge in [-0.3, -0.25) is 4.79 Å². The van der Waals surface area contributed by atoms with Crippen LogP contribution in [0.5, 0.6) is 5.75 Å². The van der Waals surface area contributed by atoms with Gasteiger partial charge in [0.15, 0.2) is 0 Å². The molecule has 0 spiro atoms. The van der Waals surface area contributed by atoms with Gasteiger partial charge in [0, 0.05) is 44.8 Å². The predicted molar refractivity (Wildman–Crippen MR) is 159 cm³/mol. The summed E-state index contributed by atoms with van der Waals surface area (Å²) in [7, 11) is 4.18. The van der Waals surface area contributed by atoms with Crippen LogP contribution >= 0.6 is 0 Å². The molecule has 6 nitrogen and oxygen atoms in total. The molecule has 4 aliphatic rings. The predicted octanol–water partition coefficient (Wildman–Crippen LogP) is 5.27. The smallest absolute Gasteiger partial charge is 0.220 e. The van der Waals surface area contributed by atoms with E-state index < -0.39 is 0 Å². The van der Waals surface area contributed by atoms with Crippen LogP contribution in [0.25, 0.3) is 0 Å². The van der Waals surface area contributed by atoms with Crippen molar-refractivity contribution in [2.75, 3.05) is 38.7 Å². The normalized spacial score (nSPS) is 25.0. The molecule has 212 valence electrons. The summed E-state index contributed by atoms with van der Waals surface area (Å²) in [5, 5.41) is 10.6. The number of nitrogens with one attached hydrogen (secondary N) is 3. The van der Waals surface area contributed by atoms with Crippen LogP contribution in [-0.2, 0) is 17.9 Å². The Morgan fingerprint density at radius 2 is 1.51 bits per heavy atom. The van der Waals surface area contributed by atoms with Crippen LogP contribution in [0.4, 0.5) is 5.69 Å². The van der Waals surface area contributed by atoms with Crippen LogP contribution in [-0.4, -0.2) is 45.2 Å². The first kappa shape index (κ1) is 28.0. The summed E-state index contributed by atoms with van der Waals surface area (Å²) in [4.78, 5) is 14.9. The number of anilines is 1. The summed E-state index contributed by atoms with van der Waals surface area (Å²) < 4.78 is 5.92. The number of carbonyl (C=O) groups is 1. The number of benzene rings is 2. The minimum absolute atomic E-state index is 0.116. The molecule has 4 fully saturated rings. The average Bonchev–Trinajstić information content (AvgIpc) is 2.90. The second-order valence-electron chi connectivity index (χ2n) is 12.6. The van der Waals surface area contributed by atoms with Crippen molar-refractivity contribution in [3.63, 3.8) is 0 Å². The van der Waals surface area contributed by atoms with Crippen molar-refractivity contribution in [3.05, 3.63) is 59.7 Å². The van der Waals surface area contributed by atoms with Gasteiger partial charge in [-0.1, -0.05) is 30.3 Å². The maximum absolute atomic E-state index is 12.7. The molecular formula is C33H48N4O2. The molecule has 2 aromatic carbocycles. The molecule has 2 aromatic rings. The van der Waals surface area contributed by atoms with Crippen LogP contribution in [0, 0.1) is 17.8 Å². The van der Waals surface area contributed by atoms with Gasteiger partial charge in [-0.25, -0.2) is 0 Å². The number of para-hydroxylation sites is 1. The number of nitrogens with zero attached hydrogens (tertiary/aromatic N) is 1. The molecular weight excluding hydrogens is 484 g/mol. The number of ether oxygens (including phenoxy) is 1. The first-order valence-electron chi connectivity index (χ1n) is 15.2. The maximum atomic E-state index is 12.7. The Morgan fingerprint density at radius 1 is 0.872 bits per heavy atom. The van der Waals surface area contributed by atoms with Crippen molar-refractivity contribution < 1.29 is 9.53 Å². The average molecular weight is 533 g/mol. The Hall–Kier alpha value is -2.57. The summed E-state index contributed by atoms with van der Waals surface area (Å²) in [5.74, 6) is 3.67. The Bertz CT molecular complexity index is 1030. The van der Waals surface area contributed by atoms with E-state index in [2.05, 4.69) is 71.3 Å². The molecule has 6 rings (SSSR count). The zero-order valence-corrected chi connectivity index (χ0v) is 24.0. The molecule has 0 aromatic heterocycles. The van der Waals surface area contributed by atoms with Crippen molar-refractivity contribution in [2.45, 2.75) is 76.4 Å². The van der Waals surface area contributed by atoms with Crippen molar-refractivity contribution in [2.24, 2.45) is 17.8 Å². The van der Waals surface area contributed by atoms with E-state index in [0.29, 0.717) is 13.0 Å². The number of hydrogen-bond acceptors (Lipinski definition) is 5. The Labute approximate surface area is 235 Å². The lowest BCUT2D eigenvalue weighted by Gasteiger charge is -2.56. The standard InChI is InChI=1S/C33H48N4O2/c1-37(2)31-8-4-3-7-29(31)24-35-15-6-14-34-23-25-10-12-30(13-11-25)39-16-5-9-32(38)36-33-20-26-17-27(21-33)19-28(18-26)22-33/h3-4,7-8,10-13,26-28,34-35H,5-6,9,14-24H2,1-2H3,(H,36,38). The van der Waals surface area contributed by atoms with Crippen LogP contribution < -0.4 is 25.6 Å². The van der Waals surface area contributed by atoms with Gasteiger partial charge >= 0.3 is 0 Å². The summed E-state index contributed by atoms with van der Waals surface area (Å²) in [6.07, 6.45) is 10.3. The highest BCUT2D eigenvalue weighted by Crippen LogP contribution is 2.55. The summed E-state index contributed by atoms with van der Waals surface area (Å²) in [6.45, 7) is 4.29. The lowest BCUT2D eigenvalue weighted by Crippen LogP contribution is -2.59. The first-order valence-corrected chi connectivity index (χ1v) is 15.2. The third kappa shape index (κ3) is 7.76. The summed E-state index contributed by atoms with van der Waals surface area (Å²) >= 11 is 0. The minimum atomic E-state index is 0.116. The van der Waals surface area contributed by atoms with Crippen molar-refractivity contribution in [1.82, 2.24) is 16.0 Å². The van der Waals surface area contributed by atoms with E-state index >= 15 is 0 Å². The second kappa shape index (κ2) is 13.2. The highest BCUT2D eigenvalue weighted by atomic mass is 16.5. The molecule has 1 amide bonds. The van der Waals surface area contributed by atoms with Crippen LogP contribution in [0.2, 0.25) is 0 Å². The largest absolute Gasteiger partial charge is 0.494 e. The molecule has 0 atom stereocenters. The fourth-order valence-electron chi connectivity index (χ4n) is 7.64. The molecule has 3 N–H and O–H groups in total. The molecule has 0 aliphatic heterocycles. The Balaban J connectivity index is 0.910. The highest BCUT2D eigenvalue weighted by molar-refractivity contribution is 5.76. The molecule has 4 bridgehead atoms. The molecule has 0 unspecified atom stereocenters. The summed E-state index contributed by atoms with van der Waals surface area (Å²) in [6, 6.07) is 16.9. The molecule has 0 saturated heterocycles. The minimum Gasteiger partial charge on any atom is -0.494 e. The Morgan fingerprint density at radius 3 is 2.18 bits per heavy atom. The number of amides is 1. The summed E-state index contributed by atoms with van der Waals surface area (Å²) in [5.41, 5.74) is 3.97. The number of rotatable bonds is 15. The Kier molecular flexibility index (Phi) is 9.46. The van der Waals surface area contributed by atoms with E-state index in [1.807, 2.05) is 12.1 Å². The zero-order valence-electron chi connectivity index (χ0n) is 24.0. The molecule has 4 saturated carbocycles. The SMILES string of the molecule is CN(C)c1ccccc1CNCCCNCc1ccc(OCCCC(=O)NC23CC4CC(CC(C4)C2)C3)cc1. The topological polar surface area (TPSA) is 65.6 Å². The fraction of sp³-hybridized carbons (Fsp3) is 0.606. The van der Waals surface area contributed by atoms with Gasteiger partial charge in [-0.15, -0.1) is 0 Å². The number of carbonyl (C=O) groups excluding carboxylic acids is 1. The molecule has 39 heavy (non-hydrogen) atoms. The lowest BCUT2D eigenvalue weighted by atomic mass is 9.53. The third-order valence-electron chi connectivity index (χ3n) is 9.01. The van der Waals surface area contributed by atoms with Gasteiger partial charge in [0.1, 0.15) is 5.75 Å². The van der Waals surface area contributed by atoms with Gasteiger partial charge in [0.05, 0.1) is 6.61 Å². The molecule has 6 heteroatoms. The molecule has 0 heterocycles. The van der Waals surface area contributed by atoms with E-state index in [0.717, 1.165) is 62.5 Å². The molecule has 4 aliphatic carbocycles. The number of hydrogen-bond donors (Lipinski definition) is 3. The van der Waals surface area contributed by atoms with E-state index in [9.17, 15) is 4.79 Å². The zero-order chi connectivity index (χ0) is 27.1. The van der Waals surface area contributed by atoms with Gasteiger partial charge in [-0.05, 0) is 112 Å². The van der Waals surface area contributed by atoms with Crippen molar-refractivity contribution >= 4 is 11.6 Å². The fourth-order valence-corrected chi connectivity index (χ4v) is 7.64. The lowest BCUT2D eigenvalue weighted by molar-refractivity contribution is -0.127. The van der Waals surface area contributed by atoms with E-state index in [4.69, 9.17) is 4.74 Å². The van der Waals surface area contributed by atoms with Crippen molar-refractivity contribution in [1.29, 1.82) is 0 Å². The van der Waals surface area contributed by atoms with Gasteiger partial charge in [-0.2, -0.15) is 0 Å². The third-order valence-corrected chi connectivity index (χ3v) is 9.01. The molecule has 0 radical (unpaired) electrons. The first-order chi connectivity index (χ1) is 19.0. The van der Waals surface area contributed by atoms with Crippen LogP contribution in [0.15, 0.2) is 48.5 Å². The van der Waals surface area contributed by atoms with Gasteiger partial charge in [0.25, 0.3) is 0 Å². The van der Waals surface area contributed by atoms with Crippen LogP contribution in [0.1, 0.15) is 68.9 Å². The van der Waals surface area contributed by atoms with Gasteiger partial charge in [0.2, 0.25) is 5.91 Å². The second-order valence-corrected chi connectivity index (χ2v) is 12.6. The van der Waals surface area contributed by atoms with Gasteiger partial charge < -0.3 is 25.6 Å². The quantitative estimate of drug-likeness (QED) is 0.273. The van der Waals surface area contributed by atoms with E-state index in [-0.39, 0.29) is 11.4 Å².